The zero-order valence-corrected chi connectivity index (χ0v) is 12.1. The zero-order valence-electron chi connectivity index (χ0n) is 12.1. The number of nitrogens with zero attached hydrogens (tertiary/aromatic N) is 1. The lowest BCUT2D eigenvalue weighted by atomic mass is 10.1. The fourth-order valence-electron chi connectivity index (χ4n) is 2.26. The summed E-state index contributed by atoms with van der Waals surface area (Å²) in [6, 6.07) is 1.55. The van der Waals surface area contributed by atoms with Crippen LogP contribution in [0.3, 0.4) is 0 Å². The van der Waals surface area contributed by atoms with Crippen LogP contribution < -0.4 is 5.32 Å². The molecule has 2 aromatic rings. The molecule has 0 unspecified atom stereocenters. The molecule has 1 fully saturated rings. The maximum absolute atomic E-state index is 14.0. The van der Waals surface area contributed by atoms with E-state index in [1.165, 1.54) is 0 Å². The van der Waals surface area contributed by atoms with Gasteiger partial charge in [-0.25, -0.2) is 9.37 Å². The molecule has 0 spiro atoms. The Balaban J connectivity index is 1.82. The summed E-state index contributed by atoms with van der Waals surface area (Å²) in [6.07, 6.45) is 0. The largest absolute Gasteiger partial charge is 0.437 e. The Morgan fingerprint density at radius 3 is 2.71 bits per heavy atom. The minimum absolute atomic E-state index is 0.0278. The molecule has 0 radical (unpaired) electrons. The number of rotatable bonds is 5. The van der Waals surface area contributed by atoms with Crippen LogP contribution in [0.5, 0.6) is 0 Å². The number of aromatic nitrogens is 1. The smallest absolute Gasteiger partial charge is 0.203 e. The first-order chi connectivity index (χ1) is 10.1. The van der Waals surface area contributed by atoms with Gasteiger partial charge in [-0.3, -0.25) is 0 Å². The molecule has 1 aliphatic rings. The van der Waals surface area contributed by atoms with Gasteiger partial charge in [0.05, 0.1) is 13.2 Å². The molecule has 6 heteroatoms. The minimum Gasteiger partial charge on any atom is -0.437 e. The molecule has 1 N–H and O–H groups in total. The Kier molecular flexibility index (Phi) is 3.91. The van der Waals surface area contributed by atoms with Crippen molar-refractivity contribution in [3.05, 3.63) is 29.2 Å². The summed E-state index contributed by atoms with van der Waals surface area (Å²) in [4.78, 5) is 4.22. The quantitative estimate of drug-likeness (QED) is 0.921. The first-order valence-electron chi connectivity index (χ1n) is 7.12. The van der Waals surface area contributed by atoms with Crippen LogP contribution in [-0.2, 0) is 11.3 Å². The van der Waals surface area contributed by atoms with Crippen LogP contribution in [0.2, 0.25) is 0 Å². The number of benzene rings is 1. The summed E-state index contributed by atoms with van der Waals surface area (Å²) in [6.45, 7) is 6.23. The van der Waals surface area contributed by atoms with Gasteiger partial charge >= 0.3 is 0 Å². The van der Waals surface area contributed by atoms with E-state index in [1.807, 2.05) is 13.8 Å². The Labute approximate surface area is 121 Å². The third kappa shape index (κ3) is 2.78. The lowest BCUT2D eigenvalue weighted by molar-refractivity contribution is -0.0307. The maximum Gasteiger partial charge on any atom is 0.203 e. The van der Waals surface area contributed by atoms with Gasteiger partial charge in [0.2, 0.25) is 5.82 Å². The highest BCUT2D eigenvalue weighted by Crippen LogP contribution is 2.27. The molecule has 0 amide bonds. The van der Waals surface area contributed by atoms with Crippen molar-refractivity contribution in [2.45, 2.75) is 26.3 Å². The van der Waals surface area contributed by atoms with E-state index in [0.29, 0.717) is 17.3 Å². The van der Waals surface area contributed by atoms with Crippen molar-refractivity contribution in [2.75, 3.05) is 19.8 Å². The molecule has 21 heavy (non-hydrogen) atoms. The fraction of sp³-hybridized carbons (Fsp3) is 0.533. The molecule has 1 saturated heterocycles. The highest BCUT2D eigenvalue weighted by atomic mass is 19.2. The van der Waals surface area contributed by atoms with Gasteiger partial charge in [-0.15, -0.1) is 0 Å². The van der Waals surface area contributed by atoms with Crippen LogP contribution in [0.1, 0.15) is 31.2 Å². The van der Waals surface area contributed by atoms with E-state index in [2.05, 4.69) is 10.3 Å². The number of nitrogens with one attached hydrogen (secondary N) is 1. The predicted octanol–water partition coefficient (Wildman–Crippen LogP) is 2.97. The van der Waals surface area contributed by atoms with Crippen LogP contribution in [-0.4, -0.2) is 24.7 Å². The molecule has 4 nitrogen and oxygen atoms in total. The van der Waals surface area contributed by atoms with Crippen molar-refractivity contribution in [1.82, 2.24) is 10.3 Å². The number of fused-ring (bicyclic) bond motifs is 1. The first-order valence-corrected chi connectivity index (χ1v) is 7.12. The highest BCUT2D eigenvalue weighted by Gasteiger charge is 2.21. The summed E-state index contributed by atoms with van der Waals surface area (Å²) in [5, 5.41) is 3.12. The minimum atomic E-state index is -0.962. The van der Waals surface area contributed by atoms with Crippen LogP contribution >= 0.6 is 0 Å². The molecule has 2 heterocycles. The molecule has 1 aromatic carbocycles. The van der Waals surface area contributed by atoms with Gasteiger partial charge < -0.3 is 14.5 Å². The van der Waals surface area contributed by atoms with Crippen molar-refractivity contribution in [3.8, 4) is 0 Å². The number of hydrogen-bond donors (Lipinski definition) is 1. The monoisotopic (exact) mass is 296 g/mol. The average Bonchev–Trinajstić information content (AvgIpc) is 2.82. The van der Waals surface area contributed by atoms with Crippen molar-refractivity contribution in [2.24, 2.45) is 5.92 Å². The van der Waals surface area contributed by atoms with Gasteiger partial charge in [-0.2, -0.15) is 4.39 Å². The normalized spacial score (nSPS) is 15.9. The fourth-order valence-corrected chi connectivity index (χ4v) is 2.26. The average molecular weight is 296 g/mol. The van der Waals surface area contributed by atoms with Crippen molar-refractivity contribution in [3.63, 3.8) is 0 Å². The standard InChI is InChI=1S/C15H18F2N2O2/c1-8(2)15-19-11-3-10(5-18-4-9-6-20-7-9)12(16)13(17)14(11)21-15/h3,8-9,18H,4-7H2,1-2H3. The first kappa shape index (κ1) is 14.4. The van der Waals surface area contributed by atoms with Gasteiger partial charge in [0.1, 0.15) is 5.52 Å². The van der Waals surface area contributed by atoms with Crippen LogP contribution in [0.4, 0.5) is 8.78 Å². The number of oxazole rings is 1. The van der Waals surface area contributed by atoms with E-state index in [-0.39, 0.29) is 23.6 Å². The molecule has 1 aliphatic heterocycles. The van der Waals surface area contributed by atoms with Crippen LogP contribution in [0.25, 0.3) is 11.1 Å². The molecule has 114 valence electrons. The van der Waals surface area contributed by atoms with Gasteiger partial charge in [-0.1, -0.05) is 13.8 Å². The van der Waals surface area contributed by atoms with Gasteiger partial charge in [0, 0.05) is 30.5 Å². The van der Waals surface area contributed by atoms with Gasteiger partial charge in [0.15, 0.2) is 17.3 Å². The lowest BCUT2D eigenvalue weighted by Gasteiger charge is -2.26. The second-order valence-electron chi connectivity index (χ2n) is 5.75. The molecular formula is C15H18F2N2O2. The lowest BCUT2D eigenvalue weighted by Crippen LogP contribution is -2.36. The molecule has 0 bridgehead atoms. The topological polar surface area (TPSA) is 47.3 Å². The molecule has 0 aliphatic carbocycles. The van der Waals surface area contributed by atoms with Crippen molar-refractivity contribution >= 4 is 11.1 Å². The SMILES string of the molecule is CC(C)c1nc2cc(CNCC3COC3)c(F)c(F)c2o1. The molecular weight excluding hydrogens is 278 g/mol. The number of ether oxygens (including phenoxy) is 1. The van der Waals surface area contributed by atoms with Crippen molar-refractivity contribution in [1.29, 1.82) is 0 Å². The summed E-state index contributed by atoms with van der Waals surface area (Å²) in [7, 11) is 0. The molecule has 0 atom stereocenters. The third-order valence-corrected chi connectivity index (χ3v) is 3.60. The van der Waals surface area contributed by atoms with E-state index >= 15 is 0 Å². The summed E-state index contributed by atoms with van der Waals surface area (Å²) >= 11 is 0. The molecule has 3 rings (SSSR count). The van der Waals surface area contributed by atoms with E-state index in [0.717, 1.165) is 19.8 Å². The molecule has 0 saturated carbocycles. The Hall–Kier alpha value is -1.53. The summed E-state index contributed by atoms with van der Waals surface area (Å²) in [5.41, 5.74) is 0.526. The summed E-state index contributed by atoms with van der Waals surface area (Å²) < 4.78 is 38.4. The van der Waals surface area contributed by atoms with E-state index in [4.69, 9.17) is 9.15 Å². The second-order valence-corrected chi connectivity index (χ2v) is 5.75. The van der Waals surface area contributed by atoms with Crippen LogP contribution in [0, 0.1) is 17.6 Å². The molecule has 1 aromatic heterocycles. The Morgan fingerprint density at radius 1 is 1.33 bits per heavy atom. The van der Waals surface area contributed by atoms with Crippen LogP contribution in [0.15, 0.2) is 10.5 Å². The van der Waals surface area contributed by atoms with E-state index in [9.17, 15) is 8.78 Å². The van der Waals surface area contributed by atoms with E-state index in [1.54, 1.807) is 6.07 Å². The van der Waals surface area contributed by atoms with E-state index < -0.39 is 11.6 Å². The Morgan fingerprint density at radius 2 is 2.10 bits per heavy atom. The second kappa shape index (κ2) is 5.69. The third-order valence-electron chi connectivity index (χ3n) is 3.60. The number of hydrogen-bond acceptors (Lipinski definition) is 4. The Bertz CT molecular complexity index is 651. The maximum atomic E-state index is 14.0. The van der Waals surface area contributed by atoms with Gasteiger partial charge in [-0.05, 0) is 6.07 Å². The van der Waals surface area contributed by atoms with Gasteiger partial charge in [0.25, 0.3) is 0 Å². The highest BCUT2D eigenvalue weighted by molar-refractivity contribution is 5.74. The number of halogens is 2. The zero-order chi connectivity index (χ0) is 15.0. The van der Waals surface area contributed by atoms with Crippen molar-refractivity contribution < 1.29 is 17.9 Å². The predicted molar refractivity (Wildman–Crippen MR) is 74.0 cm³/mol. The summed E-state index contributed by atoms with van der Waals surface area (Å²) in [5.74, 6) is -0.927.